The molecule has 1 N–H and O–H groups in total. The van der Waals surface area contributed by atoms with Crippen molar-refractivity contribution in [2.24, 2.45) is 5.18 Å². The van der Waals surface area contributed by atoms with Crippen molar-refractivity contribution in [2.75, 3.05) is 19.7 Å². The van der Waals surface area contributed by atoms with Crippen LogP contribution in [-0.2, 0) is 39.5 Å². The van der Waals surface area contributed by atoms with Gasteiger partial charge in [-0.3, -0.25) is 9.47 Å². The van der Waals surface area contributed by atoms with E-state index in [2.05, 4.69) is 15.4 Å². The fraction of sp³-hybridized carbons (Fsp3) is 0.364. The third-order valence-corrected chi connectivity index (χ3v) is 8.78. The van der Waals surface area contributed by atoms with E-state index in [1.165, 1.54) is 22.7 Å². The molecule has 0 unspecified atom stereocenters. The van der Waals surface area contributed by atoms with Crippen LogP contribution in [0.4, 0.5) is 31.1 Å². The first kappa shape index (κ1) is 35.3. The Labute approximate surface area is 275 Å². The van der Waals surface area contributed by atoms with E-state index < -0.39 is 65.6 Å². The number of nitrogens with zero attached hydrogens (tertiary/aromatic N) is 4. The quantitative estimate of drug-likeness (QED) is 0.139. The summed E-state index contributed by atoms with van der Waals surface area (Å²) in [5.41, 5.74) is -5.70. The second-order valence-corrected chi connectivity index (χ2v) is 11.9. The van der Waals surface area contributed by atoms with Gasteiger partial charge < -0.3 is 9.47 Å². The molecule has 0 saturated carbocycles. The molecule has 1 aliphatic rings. The summed E-state index contributed by atoms with van der Waals surface area (Å²) in [5.74, 6) is 0. The first-order valence-corrected chi connectivity index (χ1v) is 15.0. The van der Waals surface area contributed by atoms with Crippen LogP contribution < -0.4 is 5.69 Å². The summed E-state index contributed by atoms with van der Waals surface area (Å²) in [6.45, 7) is -0.0307. The number of rotatable bonds is 10. The number of carbonyl (C=O) groups excluding carboxylic acids is 1. The molecule has 10 nitrogen and oxygen atoms in total. The van der Waals surface area contributed by atoms with Gasteiger partial charge in [0.1, 0.15) is 19.5 Å². The number of carbonyl (C=O) groups is 1. The molecule has 0 spiro atoms. The van der Waals surface area contributed by atoms with Crippen molar-refractivity contribution >= 4 is 6.09 Å². The molecule has 0 bridgehead atoms. The third-order valence-electron chi connectivity index (χ3n) is 8.78. The van der Waals surface area contributed by atoms with Crippen LogP contribution in [0.2, 0.25) is 0 Å². The largest absolute Gasteiger partial charge is 0.445 e. The Morgan fingerprint density at radius 1 is 0.959 bits per heavy atom. The number of H-pyrrole nitrogens is 1. The minimum atomic E-state index is -5.06. The number of piperidine rings is 1. The molecule has 1 saturated heterocycles. The highest BCUT2D eigenvalue weighted by Gasteiger charge is 2.53. The Morgan fingerprint density at radius 2 is 1.57 bits per heavy atom. The molecule has 3 atom stereocenters. The number of alkyl halides is 6. The standard InChI is InChI=1S/C33H31F6N5O5/c1-22(24-14-26(32(34,35)36)16-27(15-24)33(37,38)39)49-20-31(25-10-6-3-7-11-25)13-12-30(18-41-47,44-21-40-42-28(44)45)19-43(31)29(46)48-17-23-8-4-2-5-9-23/h2-11,14-16,21-22H,12-13,17-20H2,1H3,(H,42,45)/t22-,30-,31-/m1/s1. The summed E-state index contributed by atoms with van der Waals surface area (Å²) < 4.78 is 94.9. The molecule has 1 aliphatic heterocycles. The fourth-order valence-corrected chi connectivity index (χ4v) is 6.10. The van der Waals surface area contributed by atoms with Gasteiger partial charge in [-0.1, -0.05) is 65.8 Å². The molecule has 1 amide bonds. The predicted molar refractivity (Wildman–Crippen MR) is 163 cm³/mol. The topological polar surface area (TPSA) is 119 Å². The van der Waals surface area contributed by atoms with Crippen LogP contribution in [0, 0.1) is 4.91 Å². The average molecular weight is 692 g/mol. The maximum absolute atomic E-state index is 14.1. The van der Waals surface area contributed by atoms with E-state index >= 15 is 0 Å². The zero-order valence-corrected chi connectivity index (χ0v) is 26.0. The maximum Gasteiger partial charge on any atom is 0.416 e. The van der Waals surface area contributed by atoms with E-state index in [4.69, 9.17) is 9.47 Å². The number of benzene rings is 3. The zero-order valence-electron chi connectivity index (χ0n) is 26.0. The molecule has 16 heteroatoms. The molecule has 0 aliphatic carbocycles. The van der Waals surface area contributed by atoms with Crippen LogP contribution in [0.15, 0.2) is 95.2 Å². The molecule has 49 heavy (non-hydrogen) atoms. The summed E-state index contributed by atoms with van der Waals surface area (Å²) in [6, 6.07) is 18.4. The first-order chi connectivity index (χ1) is 23.2. The molecule has 1 fully saturated rings. The van der Waals surface area contributed by atoms with Gasteiger partial charge in [-0.2, -0.15) is 36.3 Å². The van der Waals surface area contributed by atoms with Crippen molar-refractivity contribution in [3.8, 4) is 0 Å². The van der Waals surface area contributed by atoms with Crippen LogP contribution in [-0.4, -0.2) is 45.5 Å². The molecule has 5 rings (SSSR count). The number of likely N-dealkylation sites (tertiary alicyclic amines) is 1. The van der Waals surface area contributed by atoms with Gasteiger partial charge >= 0.3 is 24.1 Å². The Balaban J connectivity index is 1.57. The molecular formula is C33H31F6N5O5. The number of aromatic amines is 1. The lowest BCUT2D eigenvalue weighted by atomic mass is 9.74. The fourth-order valence-electron chi connectivity index (χ4n) is 6.10. The molecule has 3 aromatic carbocycles. The lowest BCUT2D eigenvalue weighted by Crippen LogP contribution is -2.64. The van der Waals surface area contributed by atoms with Gasteiger partial charge in [-0.05, 0) is 54.7 Å². The van der Waals surface area contributed by atoms with Gasteiger partial charge in [0.05, 0.1) is 41.5 Å². The summed E-state index contributed by atoms with van der Waals surface area (Å²) in [5, 5.41) is 9.10. The highest BCUT2D eigenvalue weighted by Crippen LogP contribution is 2.45. The molecule has 2 heterocycles. The number of hydrogen-bond acceptors (Lipinski definition) is 7. The number of hydrogen-bond donors (Lipinski definition) is 1. The van der Waals surface area contributed by atoms with Gasteiger partial charge in [-0.15, -0.1) is 0 Å². The van der Waals surface area contributed by atoms with E-state index in [1.807, 2.05) is 0 Å². The number of nitroso groups, excluding NO2 is 1. The minimum absolute atomic E-state index is 0.00764. The predicted octanol–water partition coefficient (Wildman–Crippen LogP) is 7.18. The highest BCUT2D eigenvalue weighted by atomic mass is 19.4. The zero-order chi connectivity index (χ0) is 35.5. The van der Waals surface area contributed by atoms with E-state index in [1.54, 1.807) is 60.7 Å². The number of amides is 1. The molecule has 4 aromatic rings. The summed E-state index contributed by atoms with van der Waals surface area (Å²) in [4.78, 5) is 39.9. The van der Waals surface area contributed by atoms with Crippen molar-refractivity contribution in [3.05, 3.63) is 128 Å². The van der Waals surface area contributed by atoms with Gasteiger partial charge in [0.25, 0.3) is 0 Å². The SMILES string of the molecule is C[C@@H](OC[C@@]1(c2ccccc2)CC[C@](CN=O)(n2cn[nH]c2=O)CN1C(=O)OCc1ccccc1)c1cc(C(F)(F)F)cc(C(F)(F)F)c1. The van der Waals surface area contributed by atoms with Crippen LogP contribution in [0.25, 0.3) is 0 Å². The van der Waals surface area contributed by atoms with Crippen LogP contribution >= 0.6 is 0 Å². The lowest BCUT2D eigenvalue weighted by molar-refractivity contribution is -0.143. The Morgan fingerprint density at radius 3 is 2.12 bits per heavy atom. The van der Waals surface area contributed by atoms with Gasteiger partial charge in [0.2, 0.25) is 0 Å². The lowest BCUT2D eigenvalue weighted by Gasteiger charge is -2.52. The van der Waals surface area contributed by atoms with E-state index in [0.29, 0.717) is 23.3 Å². The third kappa shape index (κ3) is 7.53. The molecule has 0 radical (unpaired) electrons. The number of nitrogens with one attached hydrogen (secondary N) is 1. The maximum atomic E-state index is 14.1. The van der Waals surface area contributed by atoms with Crippen molar-refractivity contribution in [1.29, 1.82) is 0 Å². The molecule has 260 valence electrons. The van der Waals surface area contributed by atoms with Crippen molar-refractivity contribution in [2.45, 2.75) is 55.9 Å². The van der Waals surface area contributed by atoms with Crippen LogP contribution in [0.3, 0.4) is 0 Å². The van der Waals surface area contributed by atoms with Crippen molar-refractivity contribution in [3.63, 3.8) is 0 Å². The highest BCUT2D eigenvalue weighted by molar-refractivity contribution is 5.70. The van der Waals surface area contributed by atoms with Gasteiger partial charge in [-0.25, -0.2) is 14.7 Å². The Kier molecular flexibility index (Phi) is 9.99. The minimum Gasteiger partial charge on any atom is -0.445 e. The monoisotopic (exact) mass is 691 g/mol. The number of halogens is 6. The van der Waals surface area contributed by atoms with Crippen molar-refractivity contribution < 1.29 is 40.6 Å². The summed E-state index contributed by atoms with van der Waals surface area (Å²) >= 11 is 0. The summed E-state index contributed by atoms with van der Waals surface area (Å²) in [6.07, 6.45) is -11.1. The first-order valence-electron chi connectivity index (χ1n) is 15.0. The molecular weight excluding hydrogens is 660 g/mol. The van der Waals surface area contributed by atoms with E-state index in [9.17, 15) is 40.8 Å². The van der Waals surface area contributed by atoms with Crippen LogP contribution in [0.5, 0.6) is 0 Å². The van der Waals surface area contributed by atoms with Crippen molar-refractivity contribution in [1.82, 2.24) is 19.7 Å². The van der Waals surface area contributed by atoms with Gasteiger partial charge in [0, 0.05) is 0 Å². The number of ether oxygens (including phenoxy) is 2. The summed E-state index contributed by atoms with van der Waals surface area (Å²) in [7, 11) is 0. The normalized spacial score (nSPS) is 20.5. The second kappa shape index (κ2) is 13.9. The van der Waals surface area contributed by atoms with E-state index in [0.717, 1.165) is 0 Å². The van der Waals surface area contributed by atoms with E-state index in [-0.39, 0.29) is 37.6 Å². The average Bonchev–Trinajstić information content (AvgIpc) is 3.53. The second-order valence-electron chi connectivity index (χ2n) is 11.9. The number of aromatic nitrogens is 3. The Hall–Kier alpha value is -4.99. The van der Waals surface area contributed by atoms with Crippen LogP contribution in [0.1, 0.15) is 53.7 Å². The smallest absolute Gasteiger partial charge is 0.416 e. The van der Waals surface area contributed by atoms with Gasteiger partial charge in [0.15, 0.2) is 0 Å². The Bertz CT molecular complexity index is 1780. The molecule has 1 aromatic heterocycles.